The number of ether oxygens (including phenoxy) is 1. The molecule has 3 amide bonds. The van der Waals surface area contributed by atoms with Crippen molar-refractivity contribution in [1.29, 1.82) is 0 Å². The van der Waals surface area contributed by atoms with Crippen molar-refractivity contribution in [1.82, 2.24) is 10.6 Å². The first kappa shape index (κ1) is 27.7. The maximum absolute atomic E-state index is 13.0. The number of nitrogens with one attached hydrogen (secondary N) is 2. The molecule has 0 fully saturated rings. The zero-order valence-corrected chi connectivity index (χ0v) is 21.0. The molecule has 3 aromatic carbocycles. The van der Waals surface area contributed by atoms with Gasteiger partial charge >= 0.3 is 0 Å². The SMILES string of the molecule is NCc1ccc(CNC(=O)[C@H](Cc2ccccc2)NC(=O)[CH]Cc2ccc(OCC(N)=O)cc2)cc1Cl. The molecule has 0 saturated heterocycles. The lowest BCUT2D eigenvalue weighted by molar-refractivity contribution is -0.127. The van der Waals surface area contributed by atoms with Gasteiger partial charge in [0.25, 0.3) is 5.91 Å². The number of hydrogen-bond donors (Lipinski definition) is 4. The minimum atomic E-state index is -0.769. The van der Waals surface area contributed by atoms with E-state index < -0.39 is 11.9 Å². The number of benzene rings is 3. The van der Waals surface area contributed by atoms with Crippen LogP contribution in [0.5, 0.6) is 5.75 Å². The van der Waals surface area contributed by atoms with Crippen LogP contribution in [0.15, 0.2) is 72.8 Å². The summed E-state index contributed by atoms with van der Waals surface area (Å²) >= 11 is 6.23. The van der Waals surface area contributed by atoms with E-state index in [1.165, 1.54) is 6.42 Å². The van der Waals surface area contributed by atoms with E-state index in [1.807, 2.05) is 42.5 Å². The van der Waals surface area contributed by atoms with Crippen LogP contribution in [-0.4, -0.2) is 30.4 Å². The van der Waals surface area contributed by atoms with Gasteiger partial charge < -0.3 is 26.8 Å². The monoisotopic (exact) mass is 521 g/mol. The fraction of sp³-hybridized carbons (Fsp3) is 0.214. The third-order valence-electron chi connectivity index (χ3n) is 5.55. The summed E-state index contributed by atoms with van der Waals surface area (Å²) in [6.07, 6.45) is 2.18. The molecule has 0 aliphatic heterocycles. The molecule has 0 saturated carbocycles. The van der Waals surface area contributed by atoms with Crippen LogP contribution >= 0.6 is 11.6 Å². The van der Waals surface area contributed by atoms with Crippen LogP contribution in [0.4, 0.5) is 0 Å². The number of hydrogen-bond acceptors (Lipinski definition) is 5. The van der Waals surface area contributed by atoms with E-state index in [9.17, 15) is 14.4 Å². The molecule has 37 heavy (non-hydrogen) atoms. The number of amides is 3. The molecule has 193 valence electrons. The largest absolute Gasteiger partial charge is 0.484 e. The first-order valence-corrected chi connectivity index (χ1v) is 12.1. The Bertz CT molecular complexity index is 1200. The Hall–Kier alpha value is -3.88. The van der Waals surface area contributed by atoms with Crippen molar-refractivity contribution in [3.05, 3.63) is 106 Å². The van der Waals surface area contributed by atoms with Crippen molar-refractivity contribution in [3.8, 4) is 5.75 Å². The Labute approximate surface area is 221 Å². The topological polar surface area (TPSA) is 137 Å². The van der Waals surface area contributed by atoms with Crippen LogP contribution in [0, 0.1) is 6.42 Å². The average molecular weight is 522 g/mol. The molecule has 9 heteroatoms. The molecule has 0 bridgehead atoms. The maximum Gasteiger partial charge on any atom is 0.255 e. The summed E-state index contributed by atoms with van der Waals surface area (Å²) in [6, 6.07) is 21.1. The summed E-state index contributed by atoms with van der Waals surface area (Å²) in [4.78, 5) is 36.6. The van der Waals surface area contributed by atoms with E-state index in [1.54, 1.807) is 30.3 Å². The van der Waals surface area contributed by atoms with Gasteiger partial charge in [0, 0.05) is 24.5 Å². The summed E-state index contributed by atoms with van der Waals surface area (Å²) < 4.78 is 5.24. The van der Waals surface area contributed by atoms with Crippen LogP contribution in [-0.2, 0) is 40.3 Å². The number of nitrogens with two attached hydrogens (primary N) is 2. The lowest BCUT2D eigenvalue weighted by Crippen LogP contribution is -2.48. The van der Waals surface area contributed by atoms with Crippen molar-refractivity contribution < 1.29 is 19.1 Å². The summed E-state index contributed by atoms with van der Waals surface area (Å²) in [5.74, 6) is -0.719. The van der Waals surface area contributed by atoms with Crippen molar-refractivity contribution >= 4 is 29.3 Å². The number of rotatable bonds is 13. The maximum atomic E-state index is 13.0. The third kappa shape index (κ3) is 9.25. The molecule has 0 aliphatic rings. The second kappa shape index (κ2) is 14.0. The van der Waals surface area contributed by atoms with Gasteiger partial charge in [-0.25, -0.2) is 0 Å². The summed E-state index contributed by atoms with van der Waals surface area (Å²) in [5, 5.41) is 6.25. The van der Waals surface area contributed by atoms with Gasteiger partial charge in [0.2, 0.25) is 11.8 Å². The Kier molecular flexibility index (Phi) is 10.5. The van der Waals surface area contributed by atoms with Gasteiger partial charge in [-0.3, -0.25) is 14.4 Å². The molecule has 3 rings (SSSR count). The smallest absolute Gasteiger partial charge is 0.255 e. The van der Waals surface area contributed by atoms with Crippen LogP contribution in [0.1, 0.15) is 22.3 Å². The summed E-state index contributed by atoms with van der Waals surface area (Å²) in [6.45, 7) is 0.392. The highest BCUT2D eigenvalue weighted by Gasteiger charge is 2.21. The van der Waals surface area contributed by atoms with Gasteiger partial charge in [-0.2, -0.15) is 0 Å². The minimum absolute atomic E-state index is 0.204. The fourth-order valence-corrected chi connectivity index (χ4v) is 3.84. The van der Waals surface area contributed by atoms with Crippen LogP contribution < -0.4 is 26.8 Å². The van der Waals surface area contributed by atoms with E-state index in [4.69, 9.17) is 27.8 Å². The van der Waals surface area contributed by atoms with Gasteiger partial charge in [0.15, 0.2) is 6.61 Å². The quantitative estimate of drug-likeness (QED) is 0.274. The molecular formula is C28H30ClN4O4. The Morgan fingerprint density at radius 2 is 1.65 bits per heavy atom. The zero-order chi connectivity index (χ0) is 26.6. The Balaban J connectivity index is 1.58. The highest BCUT2D eigenvalue weighted by molar-refractivity contribution is 6.31. The highest BCUT2D eigenvalue weighted by Crippen LogP contribution is 2.17. The second-order valence-electron chi connectivity index (χ2n) is 8.41. The number of carbonyl (C=O) groups excluding carboxylic acids is 3. The third-order valence-corrected chi connectivity index (χ3v) is 5.90. The lowest BCUT2D eigenvalue weighted by Gasteiger charge is -2.19. The van der Waals surface area contributed by atoms with Crippen molar-refractivity contribution in [2.75, 3.05) is 6.61 Å². The Morgan fingerprint density at radius 1 is 0.946 bits per heavy atom. The van der Waals surface area contributed by atoms with Crippen molar-refractivity contribution in [2.24, 2.45) is 11.5 Å². The van der Waals surface area contributed by atoms with E-state index in [-0.39, 0.29) is 25.0 Å². The van der Waals surface area contributed by atoms with Crippen LogP contribution in [0.25, 0.3) is 0 Å². The second-order valence-corrected chi connectivity index (χ2v) is 8.81. The van der Waals surface area contributed by atoms with Crippen LogP contribution in [0.2, 0.25) is 5.02 Å². The molecule has 0 unspecified atom stereocenters. The predicted molar refractivity (Wildman–Crippen MR) is 142 cm³/mol. The first-order chi connectivity index (χ1) is 17.8. The van der Waals surface area contributed by atoms with E-state index in [0.29, 0.717) is 30.2 Å². The molecule has 8 nitrogen and oxygen atoms in total. The molecule has 0 spiro atoms. The van der Waals surface area contributed by atoms with Gasteiger partial charge in [0.1, 0.15) is 11.8 Å². The summed E-state index contributed by atoms with van der Waals surface area (Å²) in [7, 11) is 0. The lowest BCUT2D eigenvalue weighted by atomic mass is 10.0. The molecule has 1 atom stereocenters. The average Bonchev–Trinajstić information content (AvgIpc) is 2.90. The van der Waals surface area contributed by atoms with E-state index in [0.717, 1.165) is 22.3 Å². The molecule has 3 aromatic rings. The Morgan fingerprint density at radius 3 is 2.30 bits per heavy atom. The van der Waals surface area contributed by atoms with E-state index in [2.05, 4.69) is 10.6 Å². The molecule has 0 heterocycles. The first-order valence-electron chi connectivity index (χ1n) is 11.8. The van der Waals surface area contributed by atoms with Gasteiger partial charge in [-0.15, -0.1) is 0 Å². The number of primary amides is 1. The normalized spacial score (nSPS) is 11.4. The van der Waals surface area contributed by atoms with Crippen molar-refractivity contribution in [3.63, 3.8) is 0 Å². The molecule has 1 radical (unpaired) electrons. The highest BCUT2D eigenvalue weighted by atomic mass is 35.5. The van der Waals surface area contributed by atoms with E-state index >= 15 is 0 Å². The summed E-state index contributed by atoms with van der Waals surface area (Å²) in [5.41, 5.74) is 14.2. The number of carbonyl (C=O) groups is 3. The molecule has 0 aromatic heterocycles. The minimum Gasteiger partial charge on any atom is -0.484 e. The predicted octanol–water partition coefficient (Wildman–Crippen LogP) is 2.45. The van der Waals surface area contributed by atoms with Crippen molar-refractivity contribution in [2.45, 2.75) is 32.0 Å². The van der Waals surface area contributed by atoms with Gasteiger partial charge in [-0.1, -0.05) is 66.2 Å². The van der Waals surface area contributed by atoms with Gasteiger partial charge in [0.05, 0.1) is 6.42 Å². The molecule has 0 aliphatic carbocycles. The number of halogens is 1. The molecule has 6 N–H and O–H groups in total. The van der Waals surface area contributed by atoms with Gasteiger partial charge in [-0.05, 0) is 46.9 Å². The van der Waals surface area contributed by atoms with Crippen LogP contribution in [0.3, 0.4) is 0 Å². The molecular weight excluding hydrogens is 492 g/mol. The fourth-order valence-electron chi connectivity index (χ4n) is 3.56. The standard InChI is InChI=1S/C28H30ClN4O4/c29-24-14-21(6-10-22(24)16-30)17-32-28(36)25(15-20-4-2-1-3-5-20)33-27(35)13-9-19-7-11-23(12-8-19)37-18-26(31)34/h1-8,10-14,25H,9,15-18,30H2,(H2,31,34)(H,32,36)(H,33,35)/t25-/m0/s1. The zero-order valence-electron chi connectivity index (χ0n) is 20.3.